The van der Waals surface area contributed by atoms with Crippen molar-refractivity contribution in [3.8, 4) is 0 Å². The Balaban J connectivity index is 1.95. The normalized spacial score (nSPS) is 29.4. The Kier molecular flexibility index (Phi) is 3.15. The van der Waals surface area contributed by atoms with E-state index in [-0.39, 0.29) is 0 Å². The van der Waals surface area contributed by atoms with E-state index in [1.807, 2.05) is 11.3 Å². The number of alkyl halides is 1. The van der Waals surface area contributed by atoms with Crippen molar-refractivity contribution in [2.24, 2.45) is 5.92 Å². The van der Waals surface area contributed by atoms with Gasteiger partial charge in [0.1, 0.15) is 0 Å². The van der Waals surface area contributed by atoms with Gasteiger partial charge in [0.25, 0.3) is 0 Å². The van der Waals surface area contributed by atoms with Gasteiger partial charge in [0.05, 0.1) is 0 Å². The van der Waals surface area contributed by atoms with Gasteiger partial charge in [-0.2, -0.15) is 11.8 Å². The smallest absolute Gasteiger partial charge is 0.0275 e. The molecular formula is C9H11BrS2. The van der Waals surface area contributed by atoms with E-state index in [4.69, 9.17) is 0 Å². The summed E-state index contributed by atoms with van der Waals surface area (Å²) < 4.78 is 0. The molecule has 0 spiro atoms. The average molecular weight is 263 g/mol. The summed E-state index contributed by atoms with van der Waals surface area (Å²) >= 11 is 7.69. The van der Waals surface area contributed by atoms with Crippen LogP contribution in [0, 0.1) is 5.92 Å². The Morgan fingerprint density at radius 1 is 1.50 bits per heavy atom. The van der Waals surface area contributed by atoms with Gasteiger partial charge in [0.2, 0.25) is 0 Å². The maximum absolute atomic E-state index is 3.73. The minimum Gasteiger partial charge on any atom is -0.160 e. The molecule has 0 radical (unpaired) electrons. The van der Waals surface area contributed by atoms with Crippen LogP contribution >= 0.6 is 39.0 Å². The highest BCUT2D eigenvalue weighted by Crippen LogP contribution is 2.32. The second-order valence-electron chi connectivity index (χ2n) is 3.10. The third kappa shape index (κ3) is 2.06. The van der Waals surface area contributed by atoms with E-state index in [0.29, 0.717) is 0 Å². The predicted octanol–water partition coefficient (Wildman–Crippen LogP) is 3.42. The quantitative estimate of drug-likeness (QED) is 0.737. The van der Waals surface area contributed by atoms with Crippen LogP contribution in [0.5, 0.6) is 0 Å². The maximum atomic E-state index is 3.73. The minimum absolute atomic E-state index is 0.740. The molecule has 2 rings (SSSR count). The fourth-order valence-electron chi connectivity index (χ4n) is 1.45. The van der Waals surface area contributed by atoms with Crippen molar-refractivity contribution in [1.29, 1.82) is 0 Å². The van der Waals surface area contributed by atoms with Crippen LogP contribution in [-0.2, 0) is 6.42 Å². The Morgan fingerprint density at radius 2 is 2.42 bits per heavy atom. The van der Waals surface area contributed by atoms with Gasteiger partial charge in [-0.3, -0.25) is 0 Å². The number of rotatable bonds is 2. The lowest BCUT2D eigenvalue weighted by molar-refractivity contribution is 0.622. The van der Waals surface area contributed by atoms with E-state index in [0.717, 1.165) is 10.7 Å². The first kappa shape index (κ1) is 9.10. The van der Waals surface area contributed by atoms with Crippen LogP contribution in [-0.4, -0.2) is 16.3 Å². The highest BCUT2D eigenvalue weighted by molar-refractivity contribution is 9.09. The van der Waals surface area contributed by atoms with Crippen LogP contribution < -0.4 is 0 Å². The third-order valence-electron chi connectivity index (χ3n) is 2.16. The van der Waals surface area contributed by atoms with E-state index < -0.39 is 0 Å². The number of thiophene rings is 1. The van der Waals surface area contributed by atoms with Gasteiger partial charge in [-0.05, 0) is 29.5 Å². The molecule has 0 N–H and O–H groups in total. The van der Waals surface area contributed by atoms with Crippen molar-refractivity contribution in [2.75, 3.05) is 11.5 Å². The molecule has 1 aliphatic rings. The fraction of sp³-hybridized carbons (Fsp3) is 0.556. The second kappa shape index (κ2) is 4.16. The van der Waals surface area contributed by atoms with Crippen molar-refractivity contribution in [3.63, 3.8) is 0 Å². The van der Waals surface area contributed by atoms with Gasteiger partial charge in [-0.25, -0.2) is 0 Å². The number of thioether (sulfide) groups is 1. The van der Waals surface area contributed by atoms with Crippen LogP contribution in [0.15, 0.2) is 17.5 Å². The van der Waals surface area contributed by atoms with E-state index in [1.165, 1.54) is 22.8 Å². The molecule has 66 valence electrons. The van der Waals surface area contributed by atoms with Crippen molar-refractivity contribution >= 4 is 39.0 Å². The summed E-state index contributed by atoms with van der Waals surface area (Å²) in [6.07, 6.45) is 1.26. The van der Waals surface area contributed by atoms with Crippen molar-refractivity contribution in [1.82, 2.24) is 0 Å². The highest BCUT2D eigenvalue weighted by atomic mass is 79.9. The molecule has 2 atom stereocenters. The zero-order valence-electron chi connectivity index (χ0n) is 6.70. The first-order valence-corrected chi connectivity index (χ1v) is 7.05. The average Bonchev–Trinajstić information content (AvgIpc) is 2.65. The molecular weight excluding hydrogens is 252 g/mol. The molecule has 1 aliphatic heterocycles. The van der Waals surface area contributed by atoms with E-state index in [2.05, 4.69) is 45.2 Å². The zero-order chi connectivity index (χ0) is 8.39. The highest BCUT2D eigenvalue weighted by Gasteiger charge is 2.25. The van der Waals surface area contributed by atoms with Gasteiger partial charge in [0.15, 0.2) is 0 Å². The third-order valence-corrected chi connectivity index (χ3v) is 5.82. The van der Waals surface area contributed by atoms with Gasteiger partial charge >= 0.3 is 0 Å². The standard InChI is InChI=1S/C9H11BrS2/c10-9-6-11-5-7(9)4-8-2-1-3-12-8/h1-3,7,9H,4-6H2. The van der Waals surface area contributed by atoms with Crippen molar-refractivity contribution < 1.29 is 0 Å². The molecule has 2 heterocycles. The predicted molar refractivity (Wildman–Crippen MR) is 61.6 cm³/mol. The molecule has 12 heavy (non-hydrogen) atoms. The first-order chi connectivity index (χ1) is 5.86. The topological polar surface area (TPSA) is 0 Å². The molecule has 0 bridgehead atoms. The minimum atomic E-state index is 0.740. The largest absolute Gasteiger partial charge is 0.160 e. The molecule has 0 aromatic carbocycles. The number of hydrogen-bond donors (Lipinski definition) is 0. The molecule has 0 amide bonds. The zero-order valence-corrected chi connectivity index (χ0v) is 9.92. The van der Waals surface area contributed by atoms with Crippen LogP contribution in [0.2, 0.25) is 0 Å². The summed E-state index contributed by atoms with van der Waals surface area (Å²) in [6.45, 7) is 0. The lowest BCUT2D eigenvalue weighted by atomic mass is 10.0. The lowest BCUT2D eigenvalue weighted by Crippen LogP contribution is -2.13. The Bertz CT molecular complexity index is 233. The van der Waals surface area contributed by atoms with Crippen LogP contribution in [0.3, 0.4) is 0 Å². The molecule has 0 saturated carbocycles. The van der Waals surface area contributed by atoms with Crippen molar-refractivity contribution in [3.05, 3.63) is 22.4 Å². The lowest BCUT2D eigenvalue weighted by Gasteiger charge is -2.10. The molecule has 0 aliphatic carbocycles. The summed E-state index contributed by atoms with van der Waals surface area (Å²) in [5.41, 5.74) is 0. The summed E-state index contributed by atoms with van der Waals surface area (Å²) in [5, 5.41) is 2.17. The SMILES string of the molecule is BrC1CSCC1Cc1cccs1. The Hall–Kier alpha value is 0.530. The summed E-state index contributed by atoms with van der Waals surface area (Å²) in [7, 11) is 0. The van der Waals surface area contributed by atoms with Crippen LogP contribution in [0.4, 0.5) is 0 Å². The Morgan fingerprint density at radius 3 is 3.00 bits per heavy atom. The summed E-state index contributed by atoms with van der Waals surface area (Å²) in [5.74, 6) is 3.47. The first-order valence-electron chi connectivity index (χ1n) is 4.10. The fourth-order valence-corrected chi connectivity index (χ4v) is 4.71. The molecule has 2 unspecified atom stereocenters. The monoisotopic (exact) mass is 262 g/mol. The molecule has 0 nitrogen and oxygen atoms in total. The van der Waals surface area contributed by atoms with Crippen LogP contribution in [0.1, 0.15) is 4.88 Å². The van der Waals surface area contributed by atoms with Crippen molar-refractivity contribution in [2.45, 2.75) is 11.2 Å². The van der Waals surface area contributed by atoms with E-state index >= 15 is 0 Å². The molecule has 3 heteroatoms. The number of halogens is 1. The van der Waals surface area contributed by atoms with Gasteiger partial charge in [0, 0.05) is 15.5 Å². The van der Waals surface area contributed by atoms with E-state index in [1.54, 1.807) is 0 Å². The Labute approximate surface area is 89.9 Å². The molecule has 1 aromatic rings. The summed E-state index contributed by atoms with van der Waals surface area (Å²) in [4.78, 5) is 2.27. The summed E-state index contributed by atoms with van der Waals surface area (Å²) in [6, 6.07) is 4.39. The van der Waals surface area contributed by atoms with Crippen LogP contribution in [0.25, 0.3) is 0 Å². The van der Waals surface area contributed by atoms with E-state index in [9.17, 15) is 0 Å². The maximum Gasteiger partial charge on any atom is 0.0275 e. The van der Waals surface area contributed by atoms with Gasteiger partial charge in [-0.15, -0.1) is 11.3 Å². The molecule has 1 fully saturated rings. The number of hydrogen-bond acceptors (Lipinski definition) is 2. The molecule has 1 saturated heterocycles. The van der Waals surface area contributed by atoms with Gasteiger partial charge in [-0.1, -0.05) is 22.0 Å². The second-order valence-corrected chi connectivity index (χ2v) is 6.38. The molecule has 1 aromatic heterocycles. The van der Waals surface area contributed by atoms with Gasteiger partial charge < -0.3 is 0 Å².